The average molecular weight is 391 g/mol. The van der Waals surface area contributed by atoms with Crippen LogP contribution in [-0.4, -0.2) is 47.5 Å². The lowest BCUT2D eigenvalue weighted by molar-refractivity contribution is -0.147. The summed E-state index contributed by atoms with van der Waals surface area (Å²) in [7, 11) is 1.25. The van der Waals surface area contributed by atoms with E-state index in [1.165, 1.54) is 7.11 Å². The number of hydrogen-bond donors (Lipinski definition) is 1. The SMILES string of the molecule is COC(=O)N1C(=O)[C@@H]2C(=O)N(Cc3ccccc3)CC[C@@]23c2ccccc2N[C@@H]13. The quantitative estimate of drug-likeness (QED) is 0.795. The van der Waals surface area contributed by atoms with Gasteiger partial charge < -0.3 is 15.0 Å². The largest absolute Gasteiger partial charge is 0.452 e. The molecule has 0 aromatic heterocycles. The molecule has 0 radical (unpaired) electrons. The van der Waals surface area contributed by atoms with Gasteiger partial charge in [0.2, 0.25) is 11.8 Å². The van der Waals surface area contributed by atoms with Gasteiger partial charge in [0, 0.05) is 18.8 Å². The van der Waals surface area contributed by atoms with Gasteiger partial charge in [-0.15, -0.1) is 0 Å². The number of hydrogen-bond acceptors (Lipinski definition) is 5. The van der Waals surface area contributed by atoms with Gasteiger partial charge in [-0.3, -0.25) is 9.59 Å². The predicted octanol–water partition coefficient (Wildman–Crippen LogP) is 2.33. The van der Waals surface area contributed by atoms with Crippen molar-refractivity contribution in [1.29, 1.82) is 0 Å². The Morgan fingerprint density at radius 1 is 1.10 bits per heavy atom. The highest BCUT2D eigenvalue weighted by Gasteiger charge is 2.69. The summed E-state index contributed by atoms with van der Waals surface area (Å²) >= 11 is 0. The summed E-state index contributed by atoms with van der Waals surface area (Å²) in [5, 5.41) is 3.30. The fourth-order valence-electron chi connectivity index (χ4n) is 5.14. The molecular formula is C22H21N3O4. The van der Waals surface area contributed by atoms with Crippen LogP contribution in [0.15, 0.2) is 54.6 Å². The Bertz CT molecular complexity index is 1010. The molecule has 7 nitrogen and oxygen atoms in total. The third kappa shape index (κ3) is 2.33. The van der Waals surface area contributed by atoms with Crippen LogP contribution in [0, 0.1) is 5.92 Å². The maximum absolute atomic E-state index is 13.5. The third-order valence-corrected chi connectivity index (χ3v) is 6.41. The Morgan fingerprint density at radius 2 is 1.83 bits per heavy atom. The highest BCUT2D eigenvalue weighted by atomic mass is 16.5. The van der Waals surface area contributed by atoms with Crippen molar-refractivity contribution in [3.63, 3.8) is 0 Å². The molecule has 148 valence electrons. The standard InChI is InChI=1S/C22H21N3O4/c1-29-21(28)25-19(27)17-18(26)24(13-14-7-3-2-4-8-14)12-11-22(17)15-9-5-6-10-16(15)23-20(22)25/h2-10,17,20,23H,11-13H2,1H3/t17-,20-,22+/m0/s1. The van der Waals surface area contributed by atoms with Crippen molar-refractivity contribution in [2.75, 3.05) is 19.0 Å². The molecule has 3 aliphatic heterocycles. The number of fused-ring (bicyclic) bond motifs is 1. The van der Waals surface area contributed by atoms with E-state index in [4.69, 9.17) is 4.74 Å². The number of nitrogens with zero attached hydrogens (tertiary/aromatic N) is 2. The number of nitrogens with one attached hydrogen (secondary N) is 1. The first-order valence-corrected chi connectivity index (χ1v) is 9.67. The second-order valence-corrected chi connectivity index (χ2v) is 7.74. The molecule has 3 amide bonds. The van der Waals surface area contributed by atoms with Crippen LogP contribution in [0.2, 0.25) is 0 Å². The first kappa shape index (κ1) is 17.7. The number of piperidine rings is 1. The van der Waals surface area contributed by atoms with Gasteiger partial charge in [-0.2, -0.15) is 0 Å². The second kappa shape index (κ2) is 6.34. The highest BCUT2D eigenvalue weighted by Crippen LogP contribution is 2.56. The van der Waals surface area contributed by atoms with E-state index in [1.807, 2.05) is 54.6 Å². The number of para-hydroxylation sites is 1. The van der Waals surface area contributed by atoms with Gasteiger partial charge in [0.05, 0.1) is 12.5 Å². The van der Waals surface area contributed by atoms with E-state index in [-0.39, 0.29) is 5.91 Å². The highest BCUT2D eigenvalue weighted by molar-refractivity contribution is 6.11. The van der Waals surface area contributed by atoms with Gasteiger partial charge in [-0.25, -0.2) is 9.69 Å². The average Bonchev–Trinajstić information content (AvgIpc) is 3.18. The minimum absolute atomic E-state index is 0.236. The summed E-state index contributed by atoms with van der Waals surface area (Å²) in [5.41, 5.74) is 2.01. The summed E-state index contributed by atoms with van der Waals surface area (Å²) in [6.45, 7) is 0.955. The van der Waals surface area contributed by atoms with Gasteiger partial charge in [0.1, 0.15) is 12.1 Å². The topological polar surface area (TPSA) is 79.0 Å². The maximum atomic E-state index is 13.5. The van der Waals surface area contributed by atoms with Crippen LogP contribution >= 0.6 is 0 Å². The number of carbonyl (C=O) groups is 3. The number of likely N-dealkylation sites (tertiary alicyclic amines) is 2. The molecule has 2 saturated heterocycles. The van der Waals surface area contributed by atoms with Gasteiger partial charge in [-0.05, 0) is 23.6 Å². The Morgan fingerprint density at radius 3 is 2.59 bits per heavy atom. The molecule has 0 bridgehead atoms. The molecule has 0 saturated carbocycles. The molecular weight excluding hydrogens is 370 g/mol. The number of benzene rings is 2. The molecule has 3 heterocycles. The van der Waals surface area contributed by atoms with E-state index in [2.05, 4.69) is 5.32 Å². The number of carbonyl (C=O) groups excluding carboxylic acids is 3. The number of amides is 3. The zero-order valence-electron chi connectivity index (χ0n) is 16.0. The van der Waals surface area contributed by atoms with Crippen LogP contribution in [0.3, 0.4) is 0 Å². The van der Waals surface area contributed by atoms with E-state index in [9.17, 15) is 14.4 Å². The van der Waals surface area contributed by atoms with E-state index < -0.39 is 29.5 Å². The van der Waals surface area contributed by atoms with Gasteiger partial charge in [0.25, 0.3) is 0 Å². The summed E-state index contributed by atoms with van der Waals surface area (Å²) in [4.78, 5) is 42.1. The molecule has 29 heavy (non-hydrogen) atoms. The van der Waals surface area contributed by atoms with Gasteiger partial charge in [0.15, 0.2) is 0 Å². The number of imide groups is 1. The van der Waals surface area contributed by atoms with Crippen LogP contribution in [0.5, 0.6) is 0 Å². The minimum Gasteiger partial charge on any atom is -0.452 e. The van der Waals surface area contributed by atoms with Crippen molar-refractivity contribution in [1.82, 2.24) is 9.80 Å². The van der Waals surface area contributed by atoms with Gasteiger partial charge in [-0.1, -0.05) is 48.5 Å². The van der Waals surface area contributed by atoms with Crippen molar-refractivity contribution < 1.29 is 19.1 Å². The van der Waals surface area contributed by atoms with Crippen molar-refractivity contribution in [3.05, 3.63) is 65.7 Å². The fourth-order valence-corrected chi connectivity index (χ4v) is 5.14. The number of anilines is 1. The number of methoxy groups -OCH3 is 1. The molecule has 3 atom stereocenters. The zero-order chi connectivity index (χ0) is 20.2. The van der Waals surface area contributed by atoms with Crippen LogP contribution in [0.4, 0.5) is 10.5 Å². The van der Waals surface area contributed by atoms with Crippen LogP contribution < -0.4 is 5.32 Å². The smallest absolute Gasteiger partial charge is 0.418 e. The predicted molar refractivity (Wildman–Crippen MR) is 105 cm³/mol. The fraction of sp³-hybridized carbons (Fsp3) is 0.318. The molecule has 0 unspecified atom stereocenters. The Kier molecular flexibility index (Phi) is 3.87. The van der Waals surface area contributed by atoms with Gasteiger partial charge >= 0.3 is 6.09 Å². The molecule has 2 aromatic carbocycles. The van der Waals surface area contributed by atoms with Crippen LogP contribution in [0.25, 0.3) is 0 Å². The molecule has 2 fully saturated rings. The Hall–Kier alpha value is -3.35. The Balaban J connectivity index is 1.57. The maximum Gasteiger partial charge on any atom is 0.418 e. The van der Waals surface area contributed by atoms with Crippen molar-refractivity contribution in [2.45, 2.75) is 24.5 Å². The van der Waals surface area contributed by atoms with Crippen molar-refractivity contribution in [2.24, 2.45) is 5.92 Å². The molecule has 7 heteroatoms. The summed E-state index contributed by atoms with van der Waals surface area (Å²) in [6, 6.07) is 17.4. The molecule has 1 N–H and O–H groups in total. The normalized spacial score (nSPS) is 27.2. The lowest BCUT2D eigenvalue weighted by atomic mass is 9.67. The lowest BCUT2D eigenvalue weighted by Crippen LogP contribution is -2.55. The molecule has 0 aliphatic carbocycles. The second-order valence-electron chi connectivity index (χ2n) is 7.74. The van der Waals surface area contributed by atoms with E-state index in [0.717, 1.165) is 21.7 Å². The zero-order valence-corrected chi connectivity index (χ0v) is 16.0. The monoisotopic (exact) mass is 391 g/mol. The van der Waals surface area contributed by atoms with E-state index >= 15 is 0 Å². The molecule has 5 rings (SSSR count). The molecule has 3 aliphatic rings. The molecule has 2 aromatic rings. The summed E-state index contributed by atoms with van der Waals surface area (Å²) < 4.78 is 4.87. The summed E-state index contributed by atoms with van der Waals surface area (Å²) in [5.74, 6) is -1.67. The number of ether oxygens (including phenoxy) is 1. The van der Waals surface area contributed by atoms with Crippen molar-refractivity contribution in [3.8, 4) is 0 Å². The minimum atomic E-state index is -0.944. The first-order valence-electron chi connectivity index (χ1n) is 9.67. The molecule has 1 spiro atoms. The van der Waals surface area contributed by atoms with Crippen molar-refractivity contribution >= 4 is 23.6 Å². The van der Waals surface area contributed by atoms with Crippen LogP contribution in [0.1, 0.15) is 17.5 Å². The van der Waals surface area contributed by atoms with Crippen LogP contribution in [-0.2, 0) is 26.3 Å². The Labute approximate surface area is 168 Å². The number of rotatable bonds is 2. The van der Waals surface area contributed by atoms with E-state index in [0.29, 0.717) is 19.5 Å². The first-order chi connectivity index (χ1) is 14.1. The third-order valence-electron chi connectivity index (χ3n) is 6.41. The summed E-state index contributed by atoms with van der Waals surface area (Å²) in [6.07, 6.45) is -0.770. The van der Waals surface area contributed by atoms with E-state index in [1.54, 1.807) is 4.90 Å². The lowest BCUT2D eigenvalue weighted by Gasteiger charge is -2.41.